The number of amidine groups is 1. The topological polar surface area (TPSA) is 57.1 Å². The molecule has 2 aliphatic rings. The molecule has 3 rings (SSSR count). The van der Waals surface area contributed by atoms with E-state index in [9.17, 15) is 4.79 Å². The zero-order valence-corrected chi connectivity index (χ0v) is 9.37. The zero-order chi connectivity index (χ0) is 11.8. The summed E-state index contributed by atoms with van der Waals surface area (Å²) in [6, 6.07) is 9.76. The number of nitrogens with one attached hydrogen (secondary N) is 1. The molecule has 2 atom stereocenters. The number of hydrazone groups is 1. The maximum atomic E-state index is 10.8. The van der Waals surface area contributed by atoms with Crippen LogP contribution in [-0.4, -0.2) is 30.0 Å². The minimum absolute atomic E-state index is 0.0367. The second-order valence-corrected chi connectivity index (χ2v) is 4.06. The Hall–Kier alpha value is -2.01. The molecule has 5 heteroatoms. The van der Waals surface area contributed by atoms with E-state index in [0.717, 1.165) is 23.5 Å². The van der Waals surface area contributed by atoms with Gasteiger partial charge in [0.1, 0.15) is 6.04 Å². The van der Waals surface area contributed by atoms with Crippen molar-refractivity contribution < 1.29 is 4.79 Å². The van der Waals surface area contributed by atoms with Gasteiger partial charge in [0.05, 0.1) is 11.4 Å². The second-order valence-electron chi connectivity index (χ2n) is 4.06. The van der Waals surface area contributed by atoms with Gasteiger partial charge in [-0.3, -0.25) is 10.1 Å². The van der Waals surface area contributed by atoms with Gasteiger partial charge in [-0.25, -0.2) is 10.0 Å². The maximum Gasteiger partial charge on any atom is 0.159 e. The third-order valence-corrected chi connectivity index (χ3v) is 2.89. The van der Waals surface area contributed by atoms with Gasteiger partial charge in [-0.05, 0) is 19.1 Å². The number of aldehydes is 1. The molecule has 1 aromatic rings. The molecule has 0 aliphatic carbocycles. The molecule has 5 nitrogen and oxygen atoms in total. The molecule has 0 amide bonds. The molecule has 0 saturated carbocycles. The van der Waals surface area contributed by atoms with E-state index in [-0.39, 0.29) is 6.04 Å². The van der Waals surface area contributed by atoms with Crippen molar-refractivity contribution >= 4 is 23.5 Å². The summed E-state index contributed by atoms with van der Waals surface area (Å²) in [5.74, 6) is 0.797. The van der Waals surface area contributed by atoms with Crippen molar-refractivity contribution in [2.24, 2.45) is 10.1 Å². The highest BCUT2D eigenvalue weighted by atomic mass is 16.1. The lowest BCUT2D eigenvalue weighted by Gasteiger charge is -2.14. The Balaban J connectivity index is 1.99. The fourth-order valence-corrected chi connectivity index (χ4v) is 2.08. The van der Waals surface area contributed by atoms with Crippen LogP contribution < -0.4 is 10.3 Å². The van der Waals surface area contributed by atoms with Gasteiger partial charge in [0, 0.05) is 0 Å². The molecular weight excluding hydrogens is 216 g/mol. The first-order valence-corrected chi connectivity index (χ1v) is 5.49. The first kappa shape index (κ1) is 10.2. The number of para-hydroxylation sites is 1. The molecule has 0 fully saturated rings. The van der Waals surface area contributed by atoms with Crippen molar-refractivity contribution in [2.45, 2.75) is 19.1 Å². The molecule has 86 valence electrons. The fraction of sp³-hybridized carbons (Fsp3) is 0.250. The van der Waals surface area contributed by atoms with Crippen molar-refractivity contribution in [3.63, 3.8) is 0 Å². The Morgan fingerprint density at radius 3 is 2.82 bits per heavy atom. The fourth-order valence-electron chi connectivity index (χ4n) is 2.08. The van der Waals surface area contributed by atoms with Crippen LogP contribution in [0.15, 0.2) is 40.4 Å². The SMILES string of the molecule is CC1=NN(c2ccccc2)C2=NC(C=O)NC12. The van der Waals surface area contributed by atoms with E-state index in [1.165, 1.54) is 0 Å². The van der Waals surface area contributed by atoms with Gasteiger partial charge in [-0.2, -0.15) is 5.10 Å². The molecule has 0 saturated heterocycles. The van der Waals surface area contributed by atoms with Crippen LogP contribution >= 0.6 is 0 Å². The number of fused-ring (bicyclic) bond motifs is 1. The summed E-state index contributed by atoms with van der Waals surface area (Å²) in [5.41, 5.74) is 1.89. The summed E-state index contributed by atoms with van der Waals surface area (Å²) in [4.78, 5) is 15.1. The van der Waals surface area contributed by atoms with E-state index in [4.69, 9.17) is 0 Å². The predicted molar refractivity (Wildman–Crippen MR) is 66.2 cm³/mol. The first-order valence-electron chi connectivity index (χ1n) is 5.49. The highest BCUT2D eigenvalue weighted by Crippen LogP contribution is 2.24. The molecule has 0 spiro atoms. The normalized spacial score (nSPS) is 26.5. The van der Waals surface area contributed by atoms with Crippen LogP contribution in [0.1, 0.15) is 6.92 Å². The van der Waals surface area contributed by atoms with Crippen molar-refractivity contribution in [3.05, 3.63) is 30.3 Å². The van der Waals surface area contributed by atoms with Gasteiger partial charge in [0.25, 0.3) is 0 Å². The number of nitrogens with zero attached hydrogens (tertiary/aromatic N) is 3. The standard InChI is InChI=1S/C12H12N4O/c1-8-11-12(14-10(7-17)13-11)16(15-8)9-5-3-2-4-6-9/h2-7,10-11,13H,1H3. The van der Waals surface area contributed by atoms with Crippen molar-refractivity contribution in [3.8, 4) is 0 Å². The summed E-state index contributed by atoms with van der Waals surface area (Å²) in [7, 11) is 0. The Bertz CT molecular complexity index is 508. The molecular formula is C12H12N4O. The van der Waals surface area contributed by atoms with Crippen LogP contribution in [0, 0.1) is 0 Å². The minimum Gasteiger partial charge on any atom is -0.299 e. The van der Waals surface area contributed by atoms with Crippen LogP contribution in [0.2, 0.25) is 0 Å². The van der Waals surface area contributed by atoms with Crippen molar-refractivity contribution in [1.29, 1.82) is 0 Å². The Morgan fingerprint density at radius 1 is 1.35 bits per heavy atom. The molecule has 0 bridgehead atoms. The minimum atomic E-state index is -0.452. The lowest BCUT2D eigenvalue weighted by atomic mass is 10.2. The van der Waals surface area contributed by atoms with E-state index in [2.05, 4.69) is 15.4 Å². The average Bonchev–Trinajstić information content (AvgIpc) is 2.91. The van der Waals surface area contributed by atoms with Crippen molar-refractivity contribution in [1.82, 2.24) is 5.32 Å². The Morgan fingerprint density at radius 2 is 2.12 bits per heavy atom. The summed E-state index contributed by atoms with van der Waals surface area (Å²) in [6.07, 6.45) is 0.355. The monoisotopic (exact) mass is 228 g/mol. The number of anilines is 1. The molecule has 0 radical (unpaired) electrons. The highest BCUT2D eigenvalue weighted by Gasteiger charge is 2.38. The molecule has 2 unspecified atom stereocenters. The van der Waals surface area contributed by atoms with E-state index in [0.29, 0.717) is 0 Å². The third-order valence-electron chi connectivity index (χ3n) is 2.89. The smallest absolute Gasteiger partial charge is 0.159 e. The second kappa shape index (κ2) is 3.78. The number of hydrogen-bond acceptors (Lipinski definition) is 5. The van der Waals surface area contributed by atoms with Crippen LogP contribution in [0.4, 0.5) is 5.69 Å². The number of aliphatic imine (C=N–C) groups is 1. The Labute approximate surface area is 98.8 Å². The zero-order valence-electron chi connectivity index (χ0n) is 9.37. The van der Waals surface area contributed by atoms with Gasteiger partial charge < -0.3 is 0 Å². The highest BCUT2D eigenvalue weighted by molar-refractivity contribution is 6.21. The largest absolute Gasteiger partial charge is 0.299 e. The van der Waals surface area contributed by atoms with Crippen LogP contribution in [-0.2, 0) is 4.79 Å². The summed E-state index contributed by atoms with van der Waals surface area (Å²) in [6.45, 7) is 1.93. The number of rotatable bonds is 2. The van der Waals surface area contributed by atoms with E-state index < -0.39 is 6.17 Å². The van der Waals surface area contributed by atoms with Crippen LogP contribution in [0.5, 0.6) is 0 Å². The molecule has 1 aromatic carbocycles. The number of carbonyl (C=O) groups excluding carboxylic acids is 1. The van der Waals surface area contributed by atoms with Gasteiger partial charge in [-0.1, -0.05) is 18.2 Å². The Kier molecular flexibility index (Phi) is 2.26. The van der Waals surface area contributed by atoms with Crippen LogP contribution in [0.25, 0.3) is 0 Å². The number of carbonyl (C=O) groups is 1. The van der Waals surface area contributed by atoms with Crippen molar-refractivity contribution in [2.75, 3.05) is 5.01 Å². The van der Waals surface area contributed by atoms with Crippen LogP contribution in [0.3, 0.4) is 0 Å². The van der Waals surface area contributed by atoms with E-state index in [1.54, 1.807) is 5.01 Å². The first-order chi connectivity index (χ1) is 8.29. The summed E-state index contributed by atoms with van der Waals surface area (Å²) >= 11 is 0. The summed E-state index contributed by atoms with van der Waals surface area (Å²) in [5, 5.41) is 9.35. The average molecular weight is 228 g/mol. The molecule has 1 N–H and O–H groups in total. The molecule has 2 heterocycles. The lowest BCUT2D eigenvalue weighted by molar-refractivity contribution is -0.109. The quantitative estimate of drug-likeness (QED) is 0.761. The van der Waals surface area contributed by atoms with Gasteiger partial charge in [0.2, 0.25) is 0 Å². The lowest BCUT2D eigenvalue weighted by Crippen LogP contribution is -2.40. The predicted octanol–water partition coefficient (Wildman–Crippen LogP) is 0.778. The third kappa shape index (κ3) is 1.55. The molecule has 0 aromatic heterocycles. The maximum absolute atomic E-state index is 10.8. The summed E-state index contributed by atoms with van der Waals surface area (Å²) < 4.78 is 0. The van der Waals surface area contributed by atoms with Gasteiger partial charge >= 0.3 is 0 Å². The van der Waals surface area contributed by atoms with Gasteiger partial charge in [-0.15, -0.1) is 0 Å². The van der Waals surface area contributed by atoms with Gasteiger partial charge in [0.15, 0.2) is 18.3 Å². The number of hydrogen-bond donors (Lipinski definition) is 1. The van der Waals surface area contributed by atoms with E-state index >= 15 is 0 Å². The molecule has 17 heavy (non-hydrogen) atoms. The molecule has 2 aliphatic heterocycles. The number of benzene rings is 1. The van der Waals surface area contributed by atoms with E-state index in [1.807, 2.05) is 37.3 Å².